The van der Waals surface area contributed by atoms with Gasteiger partial charge in [-0.1, -0.05) is 49.1 Å². The molecule has 1 unspecified atom stereocenters. The number of aliphatic hydroxyl groups is 1. The lowest BCUT2D eigenvalue weighted by molar-refractivity contribution is -0.172. The Morgan fingerprint density at radius 2 is 1.87 bits per heavy atom. The number of aryl methyl sites for hydroxylation is 2. The van der Waals surface area contributed by atoms with Gasteiger partial charge in [0.15, 0.2) is 23.0 Å². The molecule has 3 aromatic carbocycles. The average Bonchev–Trinajstić information content (AvgIpc) is 3.56. The minimum atomic E-state index is -0.866. The maximum Gasteiger partial charge on any atom is 0.231 e. The molecule has 0 saturated carbocycles. The van der Waals surface area contributed by atoms with Gasteiger partial charge in [0.05, 0.1) is 25.2 Å². The number of rotatable bonds is 9. The number of likely N-dealkylation sites (N-methyl/N-ethyl adjacent to an activating group) is 1. The number of carbonyl (C=O) groups is 1. The minimum absolute atomic E-state index is 0.0735. The SMILES string of the molecule is C=CCOc1c(C)c2c(c3c1CC1[C@@H]4c5c(cc(C)c(OC)c5O)C[C@H]([C@H](O)N1[C@H]3CNC(=O)CCc1ccccc1)N4C)OCO2. The molecule has 10 nitrogen and oxygen atoms in total. The highest BCUT2D eigenvalue weighted by molar-refractivity contribution is 5.76. The zero-order valence-electron chi connectivity index (χ0n) is 27.4. The first-order chi connectivity index (χ1) is 22.7. The predicted octanol–water partition coefficient (Wildman–Crippen LogP) is 4.26. The Morgan fingerprint density at radius 3 is 2.62 bits per heavy atom. The third kappa shape index (κ3) is 5.10. The summed E-state index contributed by atoms with van der Waals surface area (Å²) in [5, 5.41) is 27.1. The molecule has 4 heterocycles. The largest absolute Gasteiger partial charge is 0.504 e. The smallest absolute Gasteiger partial charge is 0.231 e. The van der Waals surface area contributed by atoms with E-state index in [0.29, 0.717) is 55.3 Å². The number of hydrogen-bond donors (Lipinski definition) is 3. The average molecular weight is 642 g/mol. The topological polar surface area (TPSA) is 113 Å². The number of benzene rings is 3. The van der Waals surface area contributed by atoms with Crippen molar-refractivity contribution in [1.82, 2.24) is 15.1 Å². The van der Waals surface area contributed by atoms with E-state index in [1.165, 1.54) is 0 Å². The second kappa shape index (κ2) is 12.4. The lowest BCUT2D eigenvalue weighted by atomic mass is 9.73. The number of phenolic OH excluding ortho intramolecular Hbond substituents is 1. The van der Waals surface area contributed by atoms with Gasteiger partial charge >= 0.3 is 0 Å². The second-order valence-electron chi connectivity index (χ2n) is 13.0. The molecule has 1 saturated heterocycles. The number of nitrogens with zero attached hydrogens (tertiary/aromatic N) is 2. The number of fused-ring (bicyclic) bond motifs is 9. The fourth-order valence-electron chi connectivity index (χ4n) is 8.38. The maximum atomic E-state index is 13.3. The fraction of sp³-hybridized carbons (Fsp3) is 0.432. The quantitative estimate of drug-likeness (QED) is 0.295. The third-order valence-corrected chi connectivity index (χ3v) is 10.4. The molecule has 7 rings (SSSR count). The molecule has 5 atom stereocenters. The van der Waals surface area contributed by atoms with Gasteiger partial charge in [0, 0.05) is 41.3 Å². The minimum Gasteiger partial charge on any atom is -0.504 e. The van der Waals surface area contributed by atoms with Crippen LogP contribution in [-0.2, 0) is 24.1 Å². The van der Waals surface area contributed by atoms with Crippen molar-refractivity contribution in [2.24, 2.45) is 0 Å². The molecule has 0 spiro atoms. The molecular formula is C37H43N3O7. The van der Waals surface area contributed by atoms with Crippen LogP contribution in [0.3, 0.4) is 0 Å². The number of amides is 1. The molecule has 1 amide bonds. The molecule has 2 bridgehead atoms. The van der Waals surface area contributed by atoms with E-state index in [9.17, 15) is 15.0 Å². The van der Waals surface area contributed by atoms with Crippen LogP contribution in [0, 0.1) is 13.8 Å². The molecule has 3 N–H and O–H groups in total. The van der Waals surface area contributed by atoms with E-state index in [4.69, 9.17) is 18.9 Å². The third-order valence-electron chi connectivity index (χ3n) is 10.4. The van der Waals surface area contributed by atoms with Crippen LogP contribution in [0.2, 0.25) is 0 Å². The van der Waals surface area contributed by atoms with Gasteiger partial charge < -0.3 is 34.5 Å². The van der Waals surface area contributed by atoms with Crippen LogP contribution < -0.4 is 24.3 Å². The molecule has 0 aromatic heterocycles. The Hall–Kier alpha value is -4.25. The first kappa shape index (κ1) is 31.4. The second-order valence-corrected chi connectivity index (χ2v) is 13.0. The number of aliphatic hydroxyl groups excluding tert-OH is 1. The van der Waals surface area contributed by atoms with Crippen molar-refractivity contribution >= 4 is 5.91 Å². The van der Waals surface area contributed by atoms with E-state index >= 15 is 0 Å². The number of phenols is 1. The Kier molecular flexibility index (Phi) is 8.28. The van der Waals surface area contributed by atoms with Crippen molar-refractivity contribution in [3.8, 4) is 28.7 Å². The number of aromatic hydroxyl groups is 1. The summed E-state index contributed by atoms with van der Waals surface area (Å²) in [7, 11) is 3.59. The van der Waals surface area contributed by atoms with Crippen molar-refractivity contribution in [3.63, 3.8) is 0 Å². The van der Waals surface area contributed by atoms with Gasteiger partial charge in [-0.3, -0.25) is 14.6 Å². The van der Waals surface area contributed by atoms with E-state index < -0.39 is 12.3 Å². The first-order valence-electron chi connectivity index (χ1n) is 16.3. The molecule has 1 fully saturated rings. The van der Waals surface area contributed by atoms with Crippen LogP contribution in [0.4, 0.5) is 0 Å². The fourth-order valence-corrected chi connectivity index (χ4v) is 8.38. The highest BCUT2D eigenvalue weighted by atomic mass is 16.7. The summed E-state index contributed by atoms with van der Waals surface area (Å²) in [6.45, 7) is 8.37. The molecular weight excluding hydrogens is 598 g/mol. The van der Waals surface area contributed by atoms with Crippen LogP contribution in [0.1, 0.15) is 57.4 Å². The van der Waals surface area contributed by atoms with Gasteiger partial charge in [-0.05, 0) is 56.8 Å². The first-order valence-corrected chi connectivity index (χ1v) is 16.3. The molecule has 0 aliphatic carbocycles. The van der Waals surface area contributed by atoms with Crippen LogP contribution in [0.15, 0.2) is 49.1 Å². The molecule has 4 aliphatic rings. The van der Waals surface area contributed by atoms with Crippen molar-refractivity contribution in [2.75, 3.05) is 34.1 Å². The van der Waals surface area contributed by atoms with Gasteiger partial charge in [-0.2, -0.15) is 0 Å². The summed E-state index contributed by atoms with van der Waals surface area (Å²) in [6, 6.07) is 10.8. The summed E-state index contributed by atoms with van der Waals surface area (Å²) < 4.78 is 24.1. The number of hydrogen-bond acceptors (Lipinski definition) is 9. The number of piperazine rings is 1. The zero-order chi connectivity index (χ0) is 33.0. The van der Waals surface area contributed by atoms with Gasteiger partial charge in [-0.15, -0.1) is 0 Å². The van der Waals surface area contributed by atoms with Crippen LogP contribution in [0.5, 0.6) is 28.7 Å². The van der Waals surface area contributed by atoms with Crippen molar-refractivity contribution in [2.45, 2.75) is 69.9 Å². The highest BCUT2D eigenvalue weighted by Crippen LogP contribution is 2.58. The highest BCUT2D eigenvalue weighted by Gasteiger charge is 2.56. The lowest BCUT2D eigenvalue weighted by Crippen LogP contribution is -2.69. The molecule has 10 heteroatoms. The number of ether oxygens (including phenoxy) is 4. The van der Waals surface area contributed by atoms with E-state index in [1.807, 2.05) is 51.2 Å². The van der Waals surface area contributed by atoms with Gasteiger partial charge in [0.2, 0.25) is 12.7 Å². The summed E-state index contributed by atoms with van der Waals surface area (Å²) in [6.07, 6.45) is 2.86. The molecule has 3 aromatic rings. The summed E-state index contributed by atoms with van der Waals surface area (Å²) in [4.78, 5) is 17.6. The van der Waals surface area contributed by atoms with E-state index in [0.717, 1.165) is 38.9 Å². The van der Waals surface area contributed by atoms with Gasteiger partial charge in [0.1, 0.15) is 18.6 Å². The summed E-state index contributed by atoms with van der Waals surface area (Å²) in [5.74, 6) is 2.46. The molecule has 248 valence electrons. The standard InChI is InChI=1S/C37H43N3O7/c1-6-14-45-34-21(3)35-36(47-19-46-35)30-24(34)17-25-31-29-23(15-20(2)33(44-5)32(29)42)16-26(39(31)4)37(43)40(25)27(30)18-38-28(41)13-12-22-10-8-7-9-11-22/h6-11,15,25-27,31,37,42-43H,1,12-14,16-19H2,2-5H3,(H,38,41)/t25?,26-,27+,31-,37+/m1/s1. The predicted molar refractivity (Wildman–Crippen MR) is 176 cm³/mol. The van der Waals surface area contributed by atoms with Crippen LogP contribution in [-0.4, -0.2) is 78.3 Å². The normalized spacial score (nSPS) is 24.1. The Balaban J connectivity index is 1.34. The molecule has 0 radical (unpaired) electrons. The van der Waals surface area contributed by atoms with E-state index in [2.05, 4.69) is 27.8 Å². The zero-order valence-corrected chi connectivity index (χ0v) is 27.4. The van der Waals surface area contributed by atoms with Gasteiger partial charge in [-0.25, -0.2) is 0 Å². The Bertz CT molecular complexity index is 1710. The molecule has 4 aliphatic heterocycles. The van der Waals surface area contributed by atoms with Gasteiger partial charge in [0.25, 0.3) is 0 Å². The van der Waals surface area contributed by atoms with Crippen molar-refractivity contribution in [3.05, 3.63) is 88.0 Å². The number of carbonyl (C=O) groups excluding carboxylic acids is 1. The van der Waals surface area contributed by atoms with E-state index in [1.54, 1.807) is 13.2 Å². The number of methoxy groups -OCH3 is 1. The number of nitrogens with one attached hydrogen (secondary N) is 1. The van der Waals surface area contributed by atoms with Crippen molar-refractivity contribution < 1.29 is 34.0 Å². The Morgan fingerprint density at radius 1 is 1.11 bits per heavy atom. The molecule has 47 heavy (non-hydrogen) atoms. The van der Waals surface area contributed by atoms with Crippen LogP contribution in [0.25, 0.3) is 0 Å². The Labute approximate surface area is 275 Å². The van der Waals surface area contributed by atoms with E-state index in [-0.39, 0.29) is 43.1 Å². The monoisotopic (exact) mass is 641 g/mol. The van der Waals surface area contributed by atoms with Crippen molar-refractivity contribution in [1.29, 1.82) is 0 Å². The summed E-state index contributed by atoms with van der Waals surface area (Å²) in [5.41, 5.74) is 6.41. The summed E-state index contributed by atoms with van der Waals surface area (Å²) >= 11 is 0. The lowest BCUT2D eigenvalue weighted by Gasteiger charge is -2.60. The van der Waals surface area contributed by atoms with Crippen LogP contribution >= 0.6 is 0 Å². The maximum absolute atomic E-state index is 13.3.